The number of nitrogens with zero attached hydrogens (tertiary/aromatic N) is 1. The first-order valence-electron chi connectivity index (χ1n) is 10.0. The normalized spacial score (nSPS) is 15.4. The summed E-state index contributed by atoms with van der Waals surface area (Å²) in [4.78, 5) is 24.4. The lowest BCUT2D eigenvalue weighted by Crippen LogP contribution is -2.43. The van der Waals surface area contributed by atoms with Gasteiger partial charge in [0, 0.05) is 30.6 Å². The van der Waals surface area contributed by atoms with Crippen LogP contribution >= 0.6 is 11.6 Å². The van der Waals surface area contributed by atoms with Crippen molar-refractivity contribution >= 4 is 33.5 Å². The number of esters is 1. The Balaban J connectivity index is 1.55. The second-order valence-electron chi connectivity index (χ2n) is 7.33. The zero-order valence-corrected chi connectivity index (χ0v) is 18.8. The molecule has 0 aliphatic carbocycles. The fraction of sp³-hybridized carbons (Fsp3) is 0.364. The summed E-state index contributed by atoms with van der Waals surface area (Å²) >= 11 is 5.87. The van der Waals surface area contributed by atoms with Gasteiger partial charge in [-0.2, -0.15) is 4.31 Å². The summed E-state index contributed by atoms with van der Waals surface area (Å²) in [5.74, 6) is -1.01. The molecule has 1 N–H and O–H groups in total. The summed E-state index contributed by atoms with van der Waals surface area (Å²) in [6.45, 7) is 0.936. The van der Waals surface area contributed by atoms with Crippen LogP contribution in [-0.2, 0) is 26.0 Å². The van der Waals surface area contributed by atoms with E-state index in [1.54, 1.807) is 12.1 Å². The third-order valence-corrected chi connectivity index (χ3v) is 7.57. The zero-order chi connectivity index (χ0) is 22.4. The van der Waals surface area contributed by atoms with Crippen molar-refractivity contribution in [1.29, 1.82) is 0 Å². The van der Waals surface area contributed by atoms with E-state index in [-0.39, 0.29) is 35.4 Å². The van der Waals surface area contributed by atoms with Gasteiger partial charge in [0.25, 0.3) is 0 Å². The van der Waals surface area contributed by atoms with Gasteiger partial charge in [-0.3, -0.25) is 4.79 Å². The van der Waals surface area contributed by atoms with E-state index < -0.39 is 16.0 Å². The summed E-state index contributed by atoms with van der Waals surface area (Å²) in [7, 11) is -2.65. The van der Waals surface area contributed by atoms with Gasteiger partial charge >= 0.3 is 5.97 Å². The highest BCUT2D eigenvalue weighted by Crippen LogP contribution is 2.26. The predicted octanol–water partition coefficient (Wildman–Crippen LogP) is 2.89. The molecule has 1 saturated heterocycles. The number of carbonyl (C=O) groups excluding carboxylic acids is 2. The maximum Gasteiger partial charge on any atom is 0.339 e. The fourth-order valence-electron chi connectivity index (χ4n) is 3.59. The number of hydrogen-bond acceptors (Lipinski definition) is 5. The first kappa shape index (κ1) is 23.2. The van der Waals surface area contributed by atoms with Gasteiger partial charge in [-0.15, -0.1) is 0 Å². The molecular weight excluding hydrogens is 440 g/mol. The average molecular weight is 465 g/mol. The molecule has 0 radical (unpaired) electrons. The highest BCUT2D eigenvalue weighted by atomic mass is 35.5. The van der Waals surface area contributed by atoms with Crippen LogP contribution in [0.5, 0.6) is 0 Å². The molecule has 0 bridgehead atoms. The van der Waals surface area contributed by atoms with Crippen LogP contribution in [0.25, 0.3) is 0 Å². The van der Waals surface area contributed by atoms with E-state index in [4.69, 9.17) is 16.3 Å². The second-order valence-corrected chi connectivity index (χ2v) is 9.68. The number of rotatable bonds is 7. The average Bonchev–Trinajstić information content (AvgIpc) is 2.79. The molecule has 9 heteroatoms. The van der Waals surface area contributed by atoms with Gasteiger partial charge in [-0.1, -0.05) is 35.9 Å². The highest BCUT2D eigenvalue weighted by Gasteiger charge is 2.34. The maximum atomic E-state index is 13.1. The van der Waals surface area contributed by atoms with Gasteiger partial charge in [0.05, 0.1) is 17.6 Å². The summed E-state index contributed by atoms with van der Waals surface area (Å²) in [6, 6.07) is 13.5. The first-order chi connectivity index (χ1) is 14.8. The summed E-state index contributed by atoms with van der Waals surface area (Å²) in [5.41, 5.74) is 1.09. The molecule has 2 aromatic rings. The molecule has 31 heavy (non-hydrogen) atoms. The number of ether oxygens (including phenoxy) is 1. The Morgan fingerprint density at radius 1 is 1.10 bits per heavy atom. The Kier molecular flexibility index (Phi) is 7.69. The molecule has 0 aromatic heterocycles. The molecule has 1 aliphatic heterocycles. The Morgan fingerprint density at radius 2 is 1.74 bits per heavy atom. The second kappa shape index (κ2) is 10.3. The van der Waals surface area contributed by atoms with Crippen LogP contribution in [0.3, 0.4) is 0 Å². The molecule has 1 fully saturated rings. The smallest absolute Gasteiger partial charge is 0.339 e. The topological polar surface area (TPSA) is 92.8 Å². The van der Waals surface area contributed by atoms with Crippen LogP contribution in [0.1, 0.15) is 28.8 Å². The zero-order valence-electron chi connectivity index (χ0n) is 17.2. The van der Waals surface area contributed by atoms with Gasteiger partial charge in [-0.05, 0) is 49.1 Å². The van der Waals surface area contributed by atoms with Crippen molar-refractivity contribution in [3.63, 3.8) is 0 Å². The van der Waals surface area contributed by atoms with E-state index in [2.05, 4.69) is 5.32 Å². The Hall–Kier alpha value is -2.42. The lowest BCUT2D eigenvalue weighted by atomic mass is 9.97. The number of hydrogen-bond donors (Lipinski definition) is 1. The van der Waals surface area contributed by atoms with Crippen LogP contribution < -0.4 is 5.32 Å². The highest BCUT2D eigenvalue weighted by molar-refractivity contribution is 7.89. The number of piperidine rings is 1. The molecule has 1 aliphatic rings. The Bertz CT molecular complexity index is 1030. The van der Waals surface area contributed by atoms with E-state index in [9.17, 15) is 18.0 Å². The van der Waals surface area contributed by atoms with Crippen molar-refractivity contribution in [2.75, 3.05) is 26.7 Å². The number of amides is 1. The number of methoxy groups -OCH3 is 1. The van der Waals surface area contributed by atoms with Crippen molar-refractivity contribution in [1.82, 2.24) is 9.62 Å². The standard InChI is InChI=1S/C22H25ClN2O5S/c1-30-22(27)19-4-2-3-5-20(19)31(28,29)25-14-11-17(12-15-25)21(26)24-13-10-16-6-8-18(23)9-7-16/h2-9,17H,10-15H2,1H3,(H,24,26). The maximum absolute atomic E-state index is 13.1. The minimum atomic E-state index is -3.86. The number of halogens is 1. The molecule has 0 unspecified atom stereocenters. The molecular formula is C22H25ClN2O5S. The van der Waals surface area contributed by atoms with Crippen LogP contribution in [0.2, 0.25) is 5.02 Å². The molecule has 1 heterocycles. The molecule has 0 saturated carbocycles. The van der Waals surface area contributed by atoms with Crippen LogP contribution in [0, 0.1) is 5.92 Å². The van der Waals surface area contributed by atoms with Gasteiger partial charge in [-0.25, -0.2) is 13.2 Å². The minimum Gasteiger partial charge on any atom is -0.465 e. The Morgan fingerprint density at radius 3 is 2.39 bits per heavy atom. The first-order valence-corrected chi connectivity index (χ1v) is 11.8. The van der Waals surface area contributed by atoms with Crippen molar-refractivity contribution in [3.05, 3.63) is 64.7 Å². The van der Waals surface area contributed by atoms with Crippen LogP contribution in [-0.4, -0.2) is 51.3 Å². The quantitative estimate of drug-likeness (QED) is 0.636. The van der Waals surface area contributed by atoms with Crippen molar-refractivity contribution in [2.24, 2.45) is 5.92 Å². The molecule has 2 aromatic carbocycles. The van der Waals surface area contributed by atoms with Crippen molar-refractivity contribution in [3.8, 4) is 0 Å². The van der Waals surface area contributed by atoms with Gasteiger partial charge < -0.3 is 10.1 Å². The fourth-order valence-corrected chi connectivity index (χ4v) is 5.37. The van der Waals surface area contributed by atoms with Gasteiger partial charge in [0.2, 0.25) is 15.9 Å². The number of sulfonamides is 1. The third-order valence-electron chi connectivity index (χ3n) is 5.36. The van der Waals surface area contributed by atoms with Gasteiger partial charge in [0.1, 0.15) is 0 Å². The van der Waals surface area contributed by atoms with Crippen molar-refractivity contribution < 1.29 is 22.7 Å². The van der Waals surface area contributed by atoms with Crippen molar-refractivity contribution in [2.45, 2.75) is 24.2 Å². The SMILES string of the molecule is COC(=O)c1ccccc1S(=O)(=O)N1CCC(C(=O)NCCc2ccc(Cl)cc2)CC1. The molecule has 3 rings (SSSR count). The third kappa shape index (κ3) is 5.64. The Labute approximate surface area is 187 Å². The number of nitrogens with one attached hydrogen (secondary N) is 1. The molecule has 166 valence electrons. The summed E-state index contributed by atoms with van der Waals surface area (Å²) in [5, 5.41) is 3.60. The van der Waals surface area contributed by atoms with E-state index in [1.165, 1.54) is 23.5 Å². The van der Waals surface area contributed by atoms with E-state index in [1.807, 2.05) is 24.3 Å². The van der Waals surface area contributed by atoms with Crippen LogP contribution in [0.15, 0.2) is 53.4 Å². The molecule has 7 nitrogen and oxygen atoms in total. The summed E-state index contributed by atoms with van der Waals surface area (Å²) in [6.07, 6.45) is 1.54. The van der Waals surface area contributed by atoms with Gasteiger partial charge in [0.15, 0.2) is 0 Å². The van der Waals surface area contributed by atoms with E-state index in [0.717, 1.165) is 5.56 Å². The molecule has 0 spiro atoms. The number of benzene rings is 2. The summed E-state index contributed by atoms with van der Waals surface area (Å²) < 4.78 is 32.2. The lowest BCUT2D eigenvalue weighted by Gasteiger charge is -2.31. The number of carbonyl (C=O) groups is 2. The van der Waals surface area contributed by atoms with E-state index in [0.29, 0.717) is 30.8 Å². The molecule has 1 amide bonds. The lowest BCUT2D eigenvalue weighted by molar-refractivity contribution is -0.126. The van der Waals surface area contributed by atoms with Crippen LogP contribution in [0.4, 0.5) is 0 Å². The molecule has 0 atom stereocenters. The minimum absolute atomic E-state index is 0.00654. The predicted molar refractivity (Wildman–Crippen MR) is 117 cm³/mol. The van der Waals surface area contributed by atoms with E-state index >= 15 is 0 Å². The monoisotopic (exact) mass is 464 g/mol. The largest absolute Gasteiger partial charge is 0.465 e.